The van der Waals surface area contributed by atoms with E-state index in [4.69, 9.17) is 0 Å². The van der Waals surface area contributed by atoms with E-state index in [-0.39, 0.29) is 50.7 Å². The van der Waals surface area contributed by atoms with Crippen LogP contribution in [0.15, 0.2) is 24.3 Å². The van der Waals surface area contributed by atoms with Crippen molar-refractivity contribution in [3.8, 4) is 0 Å². The summed E-state index contributed by atoms with van der Waals surface area (Å²) >= 11 is 0. The van der Waals surface area contributed by atoms with Crippen molar-refractivity contribution >= 4 is 8.07 Å². The Morgan fingerprint density at radius 2 is 1.77 bits per heavy atom. The summed E-state index contributed by atoms with van der Waals surface area (Å²) in [6, 6.07) is 10.0. The van der Waals surface area contributed by atoms with Gasteiger partial charge in [0.2, 0.25) is 0 Å². The van der Waals surface area contributed by atoms with Crippen molar-refractivity contribution in [2.75, 3.05) is 0 Å². The third-order valence-corrected chi connectivity index (χ3v) is 2.94. The van der Waals surface area contributed by atoms with E-state index < -0.39 is 8.07 Å². The minimum absolute atomic E-state index is 0. The summed E-state index contributed by atoms with van der Waals surface area (Å²) < 4.78 is 0. The van der Waals surface area contributed by atoms with Crippen molar-refractivity contribution < 1.29 is 50.7 Å². The van der Waals surface area contributed by atoms with Crippen molar-refractivity contribution in [1.82, 2.24) is 0 Å². The van der Waals surface area contributed by atoms with Crippen LogP contribution in [0.3, 0.4) is 0 Å². The molecule has 0 radical (unpaired) electrons. The predicted molar refractivity (Wildman–Crippen MR) is 49.1 cm³/mol. The van der Waals surface area contributed by atoms with Gasteiger partial charge in [0.25, 0.3) is 0 Å². The molecule has 0 unspecified atom stereocenters. The minimum atomic E-state index is -0.862. The van der Waals surface area contributed by atoms with E-state index in [1.165, 1.54) is 11.6 Å². The fraction of sp³-hybridized carbons (Fsp3) is 0.444. The summed E-state index contributed by atoms with van der Waals surface area (Å²) in [6.45, 7) is 7.21. The van der Waals surface area contributed by atoms with Gasteiger partial charge in [0.1, 0.15) is 0 Å². The van der Waals surface area contributed by atoms with Crippen LogP contribution >= 0.6 is 0 Å². The van der Waals surface area contributed by atoms with Gasteiger partial charge in [0, 0.05) is 33.9 Å². The van der Waals surface area contributed by atoms with Crippen LogP contribution in [0, 0.1) is 0 Å². The maximum atomic E-state index is 2.40. The molecule has 0 saturated heterocycles. The van der Waals surface area contributed by atoms with Crippen LogP contribution in [0.25, 0.3) is 0 Å². The van der Waals surface area contributed by atoms with Crippen LogP contribution in [0.4, 0.5) is 0 Å². The van der Waals surface area contributed by atoms with Gasteiger partial charge in [-0.05, 0) is 0 Å². The molecule has 0 spiro atoms. The van der Waals surface area contributed by atoms with Gasteiger partial charge in [-0.3, -0.25) is 0 Å². The number of hydrogen-bond donors (Lipinski definition) is 0. The van der Waals surface area contributed by atoms with E-state index in [0.717, 1.165) is 0 Å². The average molecular weight is 401 g/mol. The summed E-state index contributed by atoms with van der Waals surface area (Å²) in [7, 11) is -0.862. The number of hydrogen-bond acceptors (Lipinski definition) is 0. The quantitative estimate of drug-likeness (QED) is 0.363. The second-order valence-electron chi connectivity index (χ2n) is 4.03. The van der Waals surface area contributed by atoms with Crippen molar-refractivity contribution in [3.05, 3.63) is 29.8 Å². The molecule has 1 rings (SSSR count). The molecule has 1 aromatic carbocycles. The largest absolute Gasteiger partial charge is 1.00 e. The molecule has 13 heavy (non-hydrogen) atoms. The average Bonchev–Trinajstić information content (AvgIpc) is 2.12. The topological polar surface area (TPSA) is 0 Å². The van der Waals surface area contributed by atoms with Crippen molar-refractivity contribution in [3.63, 3.8) is 0 Å². The molecule has 4 heteroatoms. The second-order valence-corrected chi connectivity index (χ2v) is 9.51. The number of rotatable bonds is 2. The molecule has 0 heterocycles. The summed E-state index contributed by atoms with van der Waals surface area (Å²) in [4.78, 5) is 0. The van der Waals surface area contributed by atoms with Gasteiger partial charge >= 0.3 is 0 Å². The van der Waals surface area contributed by atoms with E-state index in [1.807, 2.05) is 0 Å². The molecule has 0 saturated carbocycles. The normalized spacial score (nSPS) is 9.15. The Balaban J connectivity index is -0.000000333. The van der Waals surface area contributed by atoms with E-state index in [1.54, 1.807) is 0 Å². The molecule has 0 bridgehead atoms. The first-order valence-corrected chi connectivity index (χ1v) is 7.49. The first kappa shape index (κ1) is 19.6. The standard InChI is InChI=1S/C9H15Si.2ClH.Hf/c1-10(2,3)8-9-6-4-5-7-9;;;/h4-7H,8H2,1-3H3;2*1H;/q-1;;;/p-2. The molecule has 0 aromatic heterocycles. The summed E-state index contributed by atoms with van der Waals surface area (Å²) in [5, 5.41) is 0. The third-order valence-electron chi connectivity index (χ3n) is 1.47. The first-order chi connectivity index (χ1) is 4.58. The summed E-state index contributed by atoms with van der Waals surface area (Å²) in [5.74, 6) is 0. The first-order valence-electron chi connectivity index (χ1n) is 3.78. The minimum Gasteiger partial charge on any atom is -1.00 e. The molecular formula is C9H15Cl2HfSi-3. The van der Waals surface area contributed by atoms with Crippen LogP contribution in [0.1, 0.15) is 5.56 Å². The monoisotopic (exact) mass is 401 g/mol. The molecule has 0 aliphatic heterocycles. The van der Waals surface area contributed by atoms with E-state index in [0.29, 0.717) is 0 Å². The van der Waals surface area contributed by atoms with Crippen LogP contribution in [-0.2, 0) is 31.9 Å². The molecule has 0 amide bonds. The Labute approximate surface area is 113 Å². The van der Waals surface area contributed by atoms with Gasteiger partial charge in [-0.1, -0.05) is 25.7 Å². The molecule has 0 fully saturated rings. The van der Waals surface area contributed by atoms with Crippen LogP contribution in [0.5, 0.6) is 0 Å². The van der Waals surface area contributed by atoms with Crippen LogP contribution in [0.2, 0.25) is 19.6 Å². The molecule has 1 aromatic rings. The van der Waals surface area contributed by atoms with Crippen molar-refractivity contribution in [2.24, 2.45) is 0 Å². The van der Waals surface area contributed by atoms with E-state index in [2.05, 4.69) is 43.9 Å². The molecule has 0 aliphatic rings. The Kier molecular flexibility index (Phi) is 12.5. The zero-order valence-corrected chi connectivity index (χ0v) is 14.4. The van der Waals surface area contributed by atoms with Gasteiger partial charge in [-0.25, -0.2) is 12.1 Å². The number of halogens is 2. The van der Waals surface area contributed by atoms with Crippen molar-refractivity contribution in [2.45, 2.75) is 25.7 Å². The molecule has 76 valence electrons. The SMILES string of the molecule is C[Si](C)(C)Cc1ccc[cH-]1.[Cl-].[Cl-].[Hf]. The van der Waals surface area contributed by atoms with E-state index in [9.17, 15) is 0 Å². The molecular weight excluding hydrogens is 386 g/mol. The summed E-state index contributed by atoms with van der Waals surface area (Å²) in [6.07, 6.45) is 0. The molecule has 0 N–H and O–H groups in total. The maximum Gasteiger partial charge on any atom is 0.0465 e. The molecule has 0 aliphatic carbocycles. The van der Waals surface area contributed by atoms with Gasteiger partial charge in [-0.15, -0.1) is 0 Å². The summed E-state index contributed by atoms with van der Waals surface area (Å²) in [5.41, 5.74) is 1.51. The molecule has 0 atom stereocenters. The Morgan fingerprint density at radius 3 is 2.08 bits per heavy atom. The van der Waals surface area contributed by atoms with Crippen LogP contribution < -0.4 is 24.8 Å². The van der Waals surface area contributed by atoms with Crippen molar-refractivity contribution in [1.29, 1.82) is 0 Å². The smallest absolute Gasteiger partial charge is 0.0465 e. The zero-order chi connectivity index (χ0) is 7.61. The van der Waals surface area contributed by atoms with Gasteiger partial charge < -0.3 is 24.8 Å². The van der Waals surface area contributed by atoms with Crippen LogP contribution in [-0.4, -0.2) is 8.07 Å². The van der Waals surface area contributed by atoms with Gasteiger partial charge in [0.15, 0.2) is 0 Å². The zero-order valence-electron chi connectivity index (χ0n) is 8.27. The predicted octanol–water partition coefficient (Wildman–Crippen LogP) is -3.17. The Morgan fingerprint density at radius 1 is 1.23 bits per heavy atom. The fourth-order valence-electron chi connectivity index (χ4n) is 1.14. The van der Waals surface area contributed by atoms with Gasteiger partial charge in [0.05, 0.1) is 0 Å². The Bertz CT molecular complexity index is 192. The fourth-order valence-corrected chi connectivity index (χ4v) is 2.60. The Hall–Kier alpha value is 1.02. The van der Waals surface area contributed by atoms with E-state index >= 15 is 0 Å². The van der Waals surface area contributed by atoms with Gasteiger partial charge in [-0.2, -0.15) is 17.7 Å². The third kappa shape index (κ3) is 9.32. The molecule has 0 nitrogen and oxygen atoms in total. The maximum absolute atomic E-state index is 2.40. The second kappa shape index (κ2) is 8.34.